The Kier molecular flexibility index (Phi) is 7.94. The summed E-state index contributed by atoms with van der Waals surface area (Å²) in [5, 5.41) is 1.89. The summed E-state index contributed by atoms with van der Waals surface area (Å²) < 4.78 is 0. The Labute approximate surface area is 227 Å². The van der Waals surface area contributed by atoms with Gasteiger partial charge in [0.1, 0.15) is 0 Å². The van der Waals surface area contributed by atoms with Gasteiger partial charge in [0, 0.05) is 48.3 Å². The number of hydrogen-bond donors (Lipinski definition) is 0. The molecule has 0 unspecified atom stereocenters. The minimum absolute atomic E-state index is 0.0653. The zero-order valence-electron chi connectivity index (χ0n) is 21.6. The molecule has 192 valence electrons. The highest BCUT2D eigenvalue weighted by atomic mass is 32.1. The van der Waals surface area contributed by atoms with Crippen molar-refractivity contribution in [1.82, 2.24) is 0 Å². The number of carbonyl (C=O) groups excluding carboxylic acids is 3. The van der Waals surface area contributed by atoms with Gasteiger partial charge in [-0.1, -0.05) is 61.5 Å². The average molecular weight is 522 g/mol. The van der Waals surface area contributed by atoms with Crippen LogP contribution in [-0.2, 0) is 12.8 Å². The zero-order chi connectivity index (χ0) is 26.5. The summed E-state index contributed by atoms with van der Waals surface area (Å²) in [5.74, 6) is 0.849. The number of rotatable bonds is 9. The van der Waals surface area contributed by atoms with Crippen molar-refractivity contribution in [3.63, 3.8) is 0 Å². The maximum Gasteiger partial charge on any atom is 0.193 e. The lowest BCUT2D eigenvalue weighted by Gasteiger charge is -2.32. The van der Waals surface area contributed by atoms with Gasteiger partial charge in [-0.3, -0.25) is 14.4 Å². The van der Waals surface area contributed by atoms with Gasteiger partial charge in [-0.05, 0) is 65.6 Å². The van der Waals surface area contributed by atoms with Crippen LogP contribution in [0.4, 0.5) is 5.69 Å². The lowest BCUT2D eigenvalue weighted by Crippen LogP contribution is -2.32. The second kappa shape index (κ2) is 11.7. The van der Waals surface area contributed by atoms with E-state index in [1.54, 1.807) is 24.3 Å². The van der Waals surface area contributed by atoms with Crippen molar-refractivity contribution >= 4 is 34.4 Å². The summed E-state index contributed by atoms with van der Waals surface area (Å²) >= 11 is 1.44. The fourth-order valence-corrected chi connectivity index (χ4v) is 5.50. The molecule has 1 aromatic heterocycles. The minimum Gasteiger partial charge on any atom is -0.372 e. The first-order chi connectivity index (χ1) is 18.5. The van der Waals surface area contributed by atoms with E-state index in [1.807, 2.05) is 66.0 Å². The molecule has 1 aliphatic rings. The van der Waals surface area contributed by atoms with Crippen LogP contribution in [0.2, 0.25) is 0 Å². The van der Waals surface area contributed by atoms with E-state index in [9.17, 15) is 14.4 Å². The van der Waals surface area contributed by atoms with Crippen molar-refractivity contribution in [1.29, 1.82) is 0 Å². The molecule has 0 atom stereocenters. The fraction of sp³-hybridized carbons (Fsp3) is 0.242. The predicted octanol–water partition coefficient (Wildman–Crippen LogP) is 7.07. The van der Waals surface area contributed by atoms with Gasteiger partial charge in [-0.15, -0.1) is 11.3 Å². The van der Waals surface area contributed by atoms with Crippen LogP contribution in [0.15, 0.2) is 90.3 Å². The van der Waals surface area contributed by atoms with Crippen LogP contribution in [0.25, 0.3) is 0 Å². The quantitative estimate of drug-likeness (QED) is 0.221. The molecular weight excluding hydrogens is 490 g/mol. The summed E-state index contributed by atoms with van der Waals surface area (Å²) in [6.45, 7) is 4.44. The van der Waals surface area contributed by atoms with Crippen LogP contribution in [0, 0.1) is 5.92 Å². The molecule has 1 aliphatic heterocycles. The Morgan fingerprint density at radius 3 is 1.76 bits per heavy atom. The number of piperidine rings is 1. The third-order valence-corrected chi connectivity index (χ3v) is 8.21. The maximum absolute atomic E-state index is 13.0. The number of carbonyl (C=O) groups is 3. The molecule has 0 N–H and O–H groups in total. The van der Waals surface area contributed by atoms with Crippen molar-refractivity contribution in [3.05, 3.63) is 123 Å². The van der Waals surface area contributed by atoms with Gasteiger partial charge < -0.3 is 4.90 Å². The van der Waals surface area contributed by atoms with Crippen LogP contribution in [-0.4, -0.2) is 30.4 Å². The van der Waals surface area contributed by atoms with E-state index in [4.69, 9.17) is 0 Å². The van der Waals surface area contributed by atoms with E-state index in [0.717, 1.165) is 35.0 Å². The molecule has 1 fully saturated rings. The smallest absolute Gasteiger partial charge is 0.193 e. The van der Waals surface area contributed by atoms with Crippen molar-refractivity contribution < 1.29 is 14.4 Å². The summed E-state index contributed by atoms with van der Waals surface area (Å²) in [6, 6.07) is 26.1. The molecule has 1 saturated heterocycles. The van der Waals surface area contributed by atoms with Gasteiger partial charge in [0.05, 0.1) is 4.88 Å². The molecule has 38 heavy (non-hydrogen) atoms. The van der Waals surface area contributed by atoms with E-state index < -0.39 is 0 Å². The predicted molar refractivity (Wildman–Crippen MR) is 154 cm³/mol. The molecule has 0 radical (unpaired) electrons. The molecule has 0 aliphatic carbocycles. The Hall–Kier alpha value is -3.83. The monoisotopic (exact) mass is 521 g/mol. The molecule has 3 aromatic carbocycles. The van der Waals surface area contributed by atoms with Crippen molar-refractivity contribution in [2.24, 2.45) is 5.92 Å². The average Bonchev–Trinajstić information content (AvgIpc) is 3.50. The lowest BCUT2D eigenvalue weighted by atomic mass is 9.97. The van der Waals surface area contributed by atoms with Crippen LogP contribution < -0.4 is 4.90 Å². The molecule has 2 heterocycles. The fourth-order valence-electron chi connectivity index (χ4n) is 4.84. The normalized spacial score (nSPS) is 13.9. The third kappa shape index (κ3) is 6.17. The van der Waals surface area contributed by atoms with E-state index in [0.29, 0.717) is 29.5 Å². The van der Waals surface area contributed by atoms with E-state index >= 15 is 0 Å². The maximum atomic E-state index is 13.0. The van der Waals surface area contributed by atoms with Crippen molar-refractivity contribution in [2.75, 3.05) is 18.0 Å². The molecule has 5 heteroatoms. The third-order valence-electron chi connectivity index (χ3n) is 7.30. The van der Waals surface area contributed by atoms with Gasteiger partial charge in [-0.25, -0.2) is 0 Å². The van der Waals surface area contributed by atoms with Crippen LogP contribution in [0.3, 0.4) is 0 Å². The van der Waals surface area contributed by atoms with E-state index in [1.165, 1.54) is 29.9 Å². The first kappa shape index (κ1) is 25.8. The molecule has 0 amide bonds. The van der Waals surface area contributed by atoms with Gasteiger partial charge in [0.2, 0.25) is 0 Å². The number of thiophene rings is 1. The van der Waals surface area contributed by atoms with Crippen LogP contribution in [0.5, 0.6) is 0 Å². The number of hydrogen-bond acceptors (Lipinski definition) is 5. The largest absolute Gasteiger partial charge is 0.372 e. The Morgan fingerprint density at radius 1 is 0.711 bits per heavy atom. The standard InChI is InChI=1S/C33H31NO3S/c1-23-16-18-34(19-17-23)29-14-12-26(13-15-29)30(35)21-24-4-8-27(9-5-24)33(37)28-10-6-25(7-11-28)22-31(36)32-3-2-20-38-32/h2-15,20,23H,16-19,21-22H2,1H3. The minimum atomic E-state index is -0.0818. The van der Waals surface area contributed by atoms with Gasteiger partial charge in [0.15, 0.2) is 17.3 Å². The van der Waals surface area contributed by atoms with Crippen LogP contribution in [0.1, 0.15) is 66.8 Å². The Balaban J connectivity index is 1.17. The second-order valence-corrected chi connectivity index (χ2v) is 11.1. The van der Waals surface area contributed by atoms with Gasteiger partial charge in [-0.2, -0.15) is 0 Å². The topological polar surface area (TPSA) is 54.5 Å². The van der Waals surface area contributed by atoms with E-state index in [2.05, 4.69) is 11.8 Å². The number of Topliss-reactive ketones (excluding diaryl/α,β-unsaturated/α-hetero) is 2. The van der Waals surface area contributed by atoms with E-state index in [-0.39, 0.29) is 17.3 Å². The molecule has 0 bridgehead atoms. The summed E-state index contributed by atoms with van der Waals surface area (Å²) in [5.41, 5.74) is 4.79. The lowest BCUT2D eigenvalue weighted by molar-refractivity contribution is 0.0986. The van der Waals surface area contributed by atoms with Crippen LogP contribution >= 0.6 is 11.3 Å². The Morgan fingerprint density at radius 2 is 1.24 bits per heavy atom. The highest BCUT2D eigenvalue weighted by Crippen LogP contribution is 2.24. The summed E-state index contributed by atoms with van der Waals surface area (Å²) in [4.78, 5) is 41.3. The number of nitrogens with zero attached hydrogens (tertiary/aromatic N) is 1. The highest BCUT2D eigenvalue weighted by molar-refractivity contribution is 7.12. The Bertz CT molecular complexity index is 1400. The zero-order valence-corrected chi connectivity index (χ0v) is 22.4. The number of benzene rings is 3. The molecule has 4 aromatic rings. The second-order valence-electron chi connectivity index (χ2n) is 10.1. The van der Waals surface area contributed by atoms with Gasteiger partial charge >= 0.3 is 0 Å². The first-order valence-electron chi connectivity index (χ1n) is 13.1. The number of anilines is 1. The number of ketones is 3. The van der Waals surface area contributed by atoms with Crippen molar-refractivity contribution in [3.8, 4) is 0 Å². The molecule has 0 saturated carbocycles. The SMILES string of the molecule is CC1CCN(c2ccc(C(=O)Cc3ccc(C(=O)c4ccc(CC(=O)c5cccs5)cc4)cc3)cc2)CC1. The van der Waals surface area contributed by atoms with Gasteiger partial charge in [0.25, 0.3) is 0 Å². The molecule has 0 spiro atoms. The van der Waals surface area contributed by atoms with Crippen molar-refractivity contribution in [2.45, 2.75) is 32.6 Å². The first-order valence-corrected chi connectivity index (χ1v) is 14.0. The molecule has 4 nitrogen and oxygen atoms in total. The molecule has 5 rings (SSSR count). The molecular formula is C33H31NO3S. The summed E-state index contributed by atoms with van der Waals surface area (Å²) in [6.07, 6.45) is 3.03. The highest BCUT2D eigenvalue weighted by Gasteiger charge is 2.17. The summed E-state index contributed by atoms with van der Waals surface area (Å²) in [7, 11) is 0.